The number of hydrogen-bond donors (Lipinski definition) is 1. The molecule has 2 saturated heterocycles. The van der Waals surface area contributed by atoms with Gasteiger partial charge in [-0.2, -0.15) is 0 Å². The molecular formula is C12H20N2O3. The molecule has 3 fully saturated rings. The molecule has 1 atom stereocenters. The highest BCUT2D eigenvalue weighted by atomic mass is 16.5. The molecule has 96 valence electrons. The van der Waals surface area contributed by atoms with Crippen LogP contribution >= 0.6 is 0 Å². The standard InChI is InChI=1S/C12H20N2O3/c15-11(13-10-1-2-10)7-14-4-6-17-9-12(14)3-5-16-8-12/h10H,1-9H2,(H,13,15). The Hall–Kier alpha value is -0.650. The minimum Gasteiger partial charge on any atom is -0.379 e. The summed E-state index contributed by atoms with van der Waals surface area (Å²) < 4.78 is 11.0. The van der Waals surface area contributed by atoms with Gasteiger partial charge in [0.15, 0.2) is 0 Å². The Kier molecular flexibility index (Phi) is 3.06. The van der Waals surface area contributed by atoms with Gasteiger partial charge in [-0.1, -0.05) is 0 Å². The molecule has 3 aliphatic rings. The summed E-state index contributed by atoms with van der Waals surface area (Å²) in [6.45, 7) is 4.22. The van der Waals surface area contributed by atoms with Crippen LogP contribution in [0.25, 0.3) is 0 Å². The fourth-order valence-electron chi connectivity index (χ4n) is 2.65. The zero-order valence-corrected chi connectivity index (χ0v) is 10.1. The number of nitrogens with one attached hydrogen (secondary N) is 1. The Balaban J connectivity index is 1.60. The third-order valence-corrected chi connectivity index (χ3v) is 3.91. The first-order valence-corrected chi connectivity index (χ1v) is 6.48. The van der Waals surface area contributed by atoms with Crippen molar-refractivity contribution in [3.05, 3.63) is 0 Å². The van der Waals surface area contributed by atoms with Gasteiger partial charge < -0.3 is 14.8 Å². The number of carbonyl (C=O) groups excluding carboxylic acids is 1. The van der Waals surface area contributed by atoms with Crippen LogP contribution in [-0.2, 0) is 14.3 Å². The second kappa shape index (κ2) is 4.55. The number of nitrogens with zero attached hydrogens (tertiary/aromatic N) is 1. The van der Waals surface area contributed by atoms with Gasteiger partial charge >= 0.3 is 0 Å². The number of carbonyl (C=O) groups is 1. The first-order valence-electron chi connectivity index (χ1n) is 6.48. The van der Waals surface area contributed by atoms with Gasteiger partial charge in [-0.05, 0) is 19.3 Å². The fourth-order valence-corrected chi connectivity index (χ4v) is 2.65. The lowest BCUT2D eigenvalue weighted by Crippen LogP contribution is -2.59. The maximum absolute atomic E-state index is 11.9. The Morgan fingerprint density at radius 3 is 2.76 bits per heavy atom. The molecule has 0 radical (unpaired) electrons. The maximum Gasteiger partial charge on any atom is 0.234 e. The first-order chi connectivity index (χ1) is 8.28. The van der Waals surface area contributed by atoms with Crippen LogP contribution < -0.4 is 5.32 Å². The Morgan fingerprint density at radius 2 is 2.06 bits per heavy atom. The summed E-state index contributed by atoms with van der Waals surface area (Å²) in [5, 5.41) is 3.05. The monoisotopic (exact) mass is 240 g/mol. The first kappa shape index (κ1) is 11.4. The largest absolute Gasteiger partial charge is 0.379 e. The van der Waals surface area contributed by atoms with E-state index in [4.69, 9.17) is 9.47 Å². The number of hydrogen-bond acceptors (Lipinski definition) is 4. The molecule has 0 bridgehead atoms. The predicted molar refractivity (Wildman–Crippen MR) is 61.7 cm³/mol. The van der Waals surface area contributed by atoms with Crippen LogP contribution in [0.3, 0.4) is 0 Å². The molecule has 0 aromatic heterocycles. The lowest BCUT2D eigenvalue weighted by atomic mass is 9.96. The van der Waals surface area contributed by atoms with Crippen molar-refractivity contribution in [3.63, 3.8) is 0 Å². The highest BCUT2D eigenvalue weighted by Gasteiger charge is 2.43. The summed E-state index contributed by atoms with van der Waals surface area (Å²) in [5.41, 5.74) is -0.0425. The van der Waals surface area contributed by atoms with Gasteiger partial charge in [-0.25, -0.2) is 0 Å². The SMILES string of the molecule is O=C(CN1CCOCC12CCOC2)NC1CC1. The molecule has 2 aliphatic heterocycles. The summed E-state index contributed by atoms with van der Waals surface area (Å²) in [5.74, 6) is 0.153. The Labute approximate surface area is 101 Å². The third-order valence-electron chi connectivity index (χ3n) is 3.91. The highest BCUT2D eigenvalue weighted by molar-refractivity contribution is 5.78. The summed E-state index contributed by atoms with van der Waals surface area (Å²) in [6.07, 6.45) is 3.26. The summed E-state index contributed by atoms with van der Waals surface area (Å²) in [4.78, 5) is 14.1. The van der Waals surface area contributed by atoms with Crippen molar-refractivity contribution in [2.75, 3.05) is 39.5 Å². The molecule has 5 heteroatoms. The summed E-state index contributed by atoms with van der Waals surface area (Å²) in [7, 11) is 0. The van der Waals surface area contributed by atoms with Crippen molar-refractivity contribution in [2.45, 2.75) is 30.8 Å². The van der Waals surface area contributed by atoms with Crippen molar-refractivity contribution in [2.24, 2.45) is 0 Å². The molecule has 1 saturated carbocycles. The van der Waals surface area contributed by atoms with E-state index in [2.05, 4.69) is 10.2 Å². The molecule has 1 spiro atoms. The van der Waals surface area contributed by atoms with E-state index >= 15 is 0 Å². The zero-order valence-electron chi connectivity index (χ0n) is 10.1. The van der Waals surface area contributed by atoms with E-state index in [0.717, 1.165) is 39.0 Å². The van der Waals surface area contributed by atoms with Crippen molar-refractivity contribution >= 4 is 5.91 Å². The lowest BCUT2D eigenvalue weighted by Gasteiger charge is -2.43. The van der Waals surface area contributed by atoms with E-state index in [-0.39, 0.29) is 11.4 Å². The van der Waals surface area contributed by atoms with Crippen LogP contribution in [0.15, 0.2) is 0 Å². The molecule has 1 aliphatic carbocycles. The predicted octanol–water partition coefficient (Wildman–Crippen LogP) is -0.244. The van der Waals surface area contributed by atoms with Gasteiger partial charge in [-0.15, -0.1) is 0 Å². The summed E-state index contributed by atoms with van der Waals surface area (Å²) >= 11 is 0. The molecular weight excluding hydrogens is 220 g/mol. The van der Waals surface area contributed by atoms with Crippen LogP contribution in [-0.4, -0.2) is 61.9 Å². The number of ether oxygens (including phenoxy) is 2. The highest BCUT2D eigenvalue weighted by Crippen LogP contribution is 2.29. The quantitative estimate of drug-likeness (QED) is 0.739. The normalized spacial score (nSPS) is 34.1. The van der Waals surface area contributed by atoms with Crippen molar-refractivity contribution in [3.8, 4) is 0 Å². The molecule has 2 heterocycles. The van der Waals surface area contributed by atoms with Crippen LogP contribution in [0.2, 0.25) is 0 Å². The second-order valence-electron chi connectivity index (χ2n) is 5.34. The summed E-state index contributed by atoms with van der Waals surface area (Å²) in [6, 6.07) is 0.444. The van der Waals surface area contributed by atoms with Crippen LogP contribution in [0.4, 0.5) is 0 Å². The van der Waals surface area contributed by atoms with Gasteiger partial charge in [0.2, 0.25) is 5.91 Å². The Morgan fingerprint density at radius 1 is 1.29 bits per heavy atom. The number of rotatable bonds is 3. The smallest absolute Gasteiger partial charge is 0.234 e. The van der Waals surface area contributed by atoms with E-state index < -0.39 is 0 Å². The van der Waals surface area contributed by atoms with Gasteiger partial charge in [0, 0.05) is 19.2 Å². The van der Waals surface area contributed by atoms with E-state index in [1.807, 2.05) is 0 Å². The van der Waals surface area contributed by atoms with Gasteiger partial charge in [0.25, 0.3) is 0 Å². The third kappa shape index (κ3) is 2.46. The van der Waals surface area contributed by atoms with Crippen molar-refractivity contribution in [1.82, 2.24) is 10.2 Å². The van der Waals surface area contributed by atoms with Crippen molar-refractivity contribution < 1.29 is 14.3 Å². The second-order valence-corrected chi connectivity index (χ2v) is 5.34. The minimum absolute atomic E-state index is 0.0425. The molecule has 5 nitrogen and oxygen atoms in total. The van der Waals surface area contributed by atoms with E-state index in [9.17, 15) is 4.79 Å². The zero-order chi connectivity index (χ0) is 11.7. The molecule has 3 rings (SSSR count). The van der Waals surface area contributed by atoms with Crippen LogP contribution in [0.1, 0.15) is 19.3 Å². The van der Waals surface area contributed by atoms with Crippen LogP contribution in [0.5, 0.6) is 0 Å². The van der Waals surface area contributed by atoms with Crippen LogP contribution in [0, 0.1) is 0 Å². The topological polar surface area (TPSA) is 50.8 Å². The van der Waals surface area contributed by atoms with E-state index in [0.29, 0.717) is 25.8 Å². The lowest BCUT2D eigenvalue weighted by molar-refractivity contribution is -0.129. The van der Waals surface area contributed by atoms with E-state index in [1.165, 1.54) is 0 Å². The molecule has 1 N–H and O–H groups in total. The Bertz CT molecular complexity index is 298. The molecule has 1 amide bonds. The van der Waals surface area contributed by atoms with Gasteiger partial charge in [0.05, 0.1) is 31.9 Å². The molecule has 1 unspecified atom stereocenters. The number of amides is 1. The van der Waals surface area contributed by atoms with Gasteiger partial charge in [0.1, 0.15) is 0 Å². The molecule has 17 heavy (non-hydrogen) atoms. The minimum atomic E-state index is -0.0425. The average molecular weight is 240 g/mol. The fraction of sp³-hybridized carbons (Fsp3) is 0.917. The van der Waals surface area contributed by atoms with Gasteiger partial charge in [-0.3, -0.25) is 9.69 Å². The maximum atomic E-state index is 11.9. The average Bonchev–Trinajstić information content (AvgIpc) is 3.00. The van der Waals surface area contributed by atoms with Crippen molar-refractivity contribution in [1.29, 1.82) is 0 Å². The number of morpholine rings is 1. The molecule has 0 aromatic carbocycles. The molecule has 0 aromatic rings. The van der Waals surface area contributed by atoms with E-state index in [1.54, 1.807) is 0 Å².